The van der Waals surface area contributed by atoms with Crippen molar-refractivity contribution < 1.29 is 14.7 Å². The molecule has 1 aromatic carbocycles. The molecule has 0 saturated heterocycles. The van der Waals surface area contributed by atoms with Gasteiger partial charge >= 0.3 is 5.97 Å². The van der Waals surface area contributed by atoms with Crippen molar-refractivity contribution in [3.8, 4) is 0 Å². The maximum Gasteiger partial charge on any atom is 0.327 e. The third-order valence-corrected chi connectivity index (χ3v) is 1.90. The maximum absolute atomic E-state index is 10.8. The third kappa shape index (κ3) is 2.51. The van der Waals surface area contributed by atoms with Crippen LogP contribution in [0.4, 0.5) is 0 Å². The van der Waals surface area contributed by atoms with Gasteiger partial charge in [0.05, 0.1) is 5.57 Å². The first-order chi connectivity index (χ1) is 7.20. The summed E-state index contributed by atoms with van der Waals surface area (Å²) >= 11 is 0. The van der Waals surface area contributed by atoms with Crippen molar-refractivity contribution in [3.63, 3.8) is 0 Å². The molecular formula is C10H10N2O3. The lowest BCUT2D eigenvalue weighted by Crippen LogP contribution is -2.42. The smallest absolute Gasteiger partial charge is 0.327 e. The zero-order chi connectivity index (χ0) is 11.3. The lowest BCUT2D eigenvalue weighted by molar-refractivity contribution is -0.137. The molecule has 1 atom stereocenters. The van der Waals surface area contributed by atoms with E-state index >= 15 is 0 Å². The molecule has 0 aromatic heterocycles. The summed E-state index contributed by atoms with van der Waals surface area (Å²) in [5, 5.41) is 8.79. The zero-order valence-electron chi connectivity index (χ0n) is 7.81. The van der Waals surface area contributed by atoms with Gasteiger partial charge in [0.2, 0.25) is 0 Å². The summed E-state index contributed by atoms with van der Waals surface area (Å²) in [6.45, 7) is 0. The molecule has 0 fully saturated rings. The van der Waals surface area contributed by atoms with Crippen LogP contribution in [0.2, 0.25) is 0 Å². The molecule has 4 N–H and O–H groups in total. The molecule has 0 saturated carbocycles. The molecule has 5 nitrogen and oxygen atoms in total. The Hall–Kier alpha value is -1.94. The number of aliphatic carboxylic acids is 1. The Bertz CT molecular complexity index is 396. The van der Waals surface area contributed by atoms with Crippen LogP contribution in [0.3, 0.4) is 0 Å². The van der Waals surface area contributed by atoms with Gasteiger partial charge in [0, 0.05) is 0 Å². The highest BCUT2D eigenvalue weighted by atomic mass is 16.4. The molecule has 1 unspecified atom stereocenters. The van der Waals surface area contributed by atoms with Crippen molar-refractivity contribution in [1.82, 2.24) is 5.43 Å². The summed E-state index contributed by atoms with van der Waals surface area (Å²) < 4.78 is 0. The Morgan fingerprint density at radius 1 is 1.40 bits per heavy atom. The van der Waals surface area contributed by atoms with Gasteiger partial charge in [-0.25, -0.2) is 10.2 Å². The number of hydrazine groups is 1. The lowest BCUT2D eigenvalue weighted by atomic mass is 10.0. The summed E-state index contributed by atoms with van der Waals surface area (Å²) in [5.41, 5.74) is 2.51. The molecule has 1 aromatic rings. The molecule has 5 heteroatoms. The molecule has 78 valence electrons. The summed E-state index contributed by atoms with van der Waals surface area (Å²) in [5.74, 6) is 5.43. The van der Waals surface area contributed by atoms with Crippen LogP contribution in [-0.2, 0) is 9.59 Å². The van der Waals surface area contributed by atoms with Gasteiger partial charge in [0.15, 0.2) is 6.04 Å². The fourth-order valence-corrected chi connectivity index (χ4v) is 1.18. The van der Waals surface area contributed by atoms with Crippen molar-refractivity contribution in [2.75, 3.05) is 0 Å². The van der Waals surface area contributed by atoms with E-state index in [4.69, 9.17) is 10.9 Å². The highest BCUT2D eigenvalue weighted by molar-refractivity contribution is 6.01. The van der Waals surface area contributed by atoms with Crippen LogP contribution < -0.4 is 11.3 Å². The first-order valence-electron chi connectivity index (χ1n) is 4.20. The topological polar surface area (TPSA) is 92.4 Å². The van der Waals surface area contributed by atoms with Gasteiger partial charge in [-0.2, -0.15) is 0 Å². The number of benzene rings is 1. The van der Waals surface area contributed by atoms with Crippen molar-refractivity contribution in [2.45, 2.75) is 6.04 Å². The van der Waals surface area contributed by atoms with Crippen LogP contribution in [0, 0.1) is 0 Å². The molecule has 0 heterocycles. The average molecular weight is 206 g/mol. The first kappa shape index (κ1) is 11.1. The summed E-state index contributed by atoms with van der Waals surface area (Å²) in [6, 6.07) is 7.15. The molecule has 0 amide bonds. The second-order valence-electron chi connectivity index (χ2n) is 2.82. The van der Waals surface area contributed by atoms with E-state index in [1.54, 1.807) is 36.3 Å². The Morgan fingerprint density at radius 3 is 2.40 bits per heavy atom. The minimum Gasteiger partial charge on any atom is -0.480 e. The number of nitrogens with one attached hydrogen (secondary N) is 1. The van der Waals surface area contributed by atoms with Crippen LogP contribution in [0.25, 0.3) is 5.57 Å². The number of nitrogens with two attached hydrogens (primary N) is 1. The number of hydrogen-bond acceptors (Lipinski definition) is 4. The summed E-state index contributed by atoms with van der Waals surface area (Å²) in [6.07, 6.45) is 0. The Morgan fingerprint density at radius 2 is 2.00 bits per heavy atom. The Kier molecular flexibility index (Phi) is 3.76. The largest absolute Gasteiger partial charge is 0.480 e. The monoisotopic (exact) mass is 206 g/mol. The predicted molar refractivity (Wildman–Crippen MR) is 54.3 cm³/mol. The summed E-state index contributed by atoms with van der Waals surface area (Å²) in [7, 11) is 0. The number of carboxylic acid groups (broad SMARTS) is 1. The molecule has 0 aliphatic carbocycles. The zero-order valence-corrected chi connectivity index (χ0v) is 7.81. The Labute approximate surface area is 86.2 Å². The number of rotatable bonds is 4. The van der Waals surface area contributed by atoms with Gasteiger partial charge < -0.3 is 5.11 Å². The minimum atomic E-state index is -1.25. The van der Waals surface area contributed by atoms with Gasteiger partial charge in [0.25, 0.3) is 0 Å². The lowest BCUT2D eigenvalue weighted by Gasteiger charge is -2.11. The third-order valence-electron chi connectivity index (χ3n) is 1.90. The fourth-order valence-electron chi connectivity index (χ4n) is 1.18. The SMILES string of the molecule is NNC(C(=O)O)C(=C=O)c1ccccc1. The molecule has 0 aliphatic rings. The quantitative estimate of drug-likeness (QED) is 0.361. The van der Waals surface area contributed by atoms with Gasteiger partial charge in [0.1, 0.15) is 5.94 Å². The molecule has 0 aliphatic heterocycles. The van der Waals surface area contributed by atoms with E-state index in [1.165, 1.54) is 0 Å². The van der Waals surface area contributed by atoms with Crippen molar-refractivity contribution in [1.29, 1.82) is 0 Å². The second-order valence-corrected chi connectivity index (χ2v) is 2.82. The molecule has 0 bridgehead atoms. The van der Waals surface area contributed by atoms with Crippen molar-refractivity contribution >= 4 is 17.5 Å². The highest BCUT2D eigenvalue weighted by Crippen LogP contribution is 2.14. The van der Waals surface area contributed by atoms with Gasteiger partial charge in [-0.05, 0) is 5.56 Å². The fraction of sp³-hybridized carbons (Fsp3) is 0.100. The van der Waals surface area contributed by atoms with Gasteiger partial charge in [-0.1, -0.05) is 30.3 Å². The summed E-state index contributed by atoms with van der Waals surface area (Å²) in [4.78, 5) is 21.5. The van der Waals surface area contributed by atoms with Crippen LogP contribution in [-0.4, -0.2) is 23.1 Å². The number of hydrogen-bond donors (Lipinski definition) is 3. The number of carbonyl (C=O) groups is 1. The number of carbonyl (C=O) groups excluding carboxylic acids is 1. The predicted octanol–water partition coefficient (Wildman–Crippen LogP) is -0.182. The second kappa shape index (κ2) is 5.07. The minimum absolute atomic E-state index is 0.0226. The molecule has 1 rings (SSSR count). The van der Waals surface area contributed by atoms with Crippen LogP contribution in [0.1, 0.15) is 5.56 Å². The van der Waals surface area contributed by atoms with Gasteiger partial charge in [-0.15, -0.1) is 0 Å². The molecule has 0 radical (unpaired) electrons. The normalized spacial score (nSPS) is 11.5. The van der Waals surface area contributed by atoms with Crippen molar-refractivity contribution in [2.24, 2.45) is 5.84 Å². The maximum atomic E-state index is 10.8. The average Bonchev–Trinajstić information content (AvgIpc) is 2.26. The van der Waals surface area contributed by atoms with E-state index in [1.807, 2.05) is 0 Å². The Balaban J connectivity index is 3.10. The van der Waals surface area contributed by atoms with E-state index in [9.17, 15) is 9.59 Å². The first-order valence-corrected chi connectivity index (χ1v) is 4.20. The van der Waals surface area contributed by atoms with Crippen LogP contribution >= 0.6 is 0 Å². The van der Waals surface area contributed by atoms with E-state index in [0.29, 0.717) is 5.56 Å². The van der Waals surface area contributed by atoms with E-state index in [-0.39, 0.29) is 5.57 Å². The van der Waals surface area contributed by atoms with E-state index in [2.05, 4.69) is 5.43 Å². The van der Waals surface area contributed by atoms with Crippen molar-refractivity contribution in [3.05, 3.63) is 35.9 Å². The highest BCUT2D eigenvalue weighted by Gasteiger charge is 2.22. The van der Waals surface area contributed by atoms with E-state index in [0.717, 1.165) is 0 Å². The molecular weight excluding hydrogens is 196 g/mol. The molecule has 15 heavy (non-hydrogen) atoms. The standard InChI is InChI=1S/C10H10N2O3/c11-12-9(10(14)15)8(6-13)7-4-2-1-3-5-7/h1-5,9,12H,11H2,(H,14,15). The van der Waals surface area contributed by atoms with Crippen LogP contribution in [0.15, 0.2) is 30.3 Å². The number of carboxylic acids is 1. The van der Waals surface area contributed by atoms with E-state index < -0.39 is 12.0 Å². The van der Waals surface area contributed by atoms with Gasteiger partial charge in [-0.3, -0.25) is 10.6 Å². The molecule has 0 spiro atoms. The van der Waals surface area contributed by atoms with Crippen LogP contribution in [0.5, 0.6) is 0 Å².